The molecule has 3 rings (SSSR count). The van der Waals surface area contributed by atoms with E-state index in [9.17, 15) is 0 Å². The molecule has 1 saturated carbocycles. The maximum Gasteiger partial charge on any atom is 0.0577 e. The van der Waals surface area contributed by atoms with Gasteiger partial charge in [-0.2, -0.15) is 0 Å². The fourth-order valence-electron chi connectivity index (χ4n) is 3.16. The summed E-state index contributed by atoms with van der Waals surface area (Å²) < 4.78 is 0. The molecule has 0 heterocycles. The summed E-state index contributed by atoms with van der Waals surface area (Å²) in [6.07, 6.45) is 4.05. The minimum atomic E-state index is 0.198. The fourth-order valence-corrected chi connectivity index (χ4v) is 3.34. The van der Waals surface area contributed by atoms with Gasteiger partial charge < -0.3 is 5.32 Å². The molecular formula is C19H22ClN. The van der Waals surface area contributed by atoms with Crippen molar-refractivity contribution in [3.63, 3.8) is 0 Å². The van der Waals surface area contributed by atoms with Crippen molar-refractivity contribution in [2.24, 2.45) is 0 Å². The fraction of sp³-hybridized carbons (Fsp3) is 0.368. The first-order valence-electron chi connectivity index (χ1n) is 7.72. The Labute approximate surface area is 132 Å². The van der Waals surface area contributed by atoms with Gasteiger partial charge in [0.25, 0.3) is 0 Å². The monoisotopic (exact) mass is 299 g/mol. The molecule has 1 atom stereocenters. The highest BCUT2D eigenvalue weighted by atomic mass is 35.5. The molecule has 21 heavy (non-hydrogen) atoms. The summed E-state index contributed by atoms with van der Waals surface area (Å²) in [6, 6.07) is 15.4. The number of hydrogen-bond donors (Lipinski definition) is 1. The summed E-state index contributed by atoms with van der Waals surface area (Å²) in [4.78, 5) is 0. The van der Waals surface area contributed by atoms with Crippen molar-refractivity contribution >= 4 is 11.6 Å². The van der Waals surface area contributed by atoms with Gasteiger partial charge in [-0.25, -0.2) is 0 Å². The summed E-state index contributed by atoms with van der Waals surface area (Å²) >= 11 is 6.19. The number of nitrogens with one attached hydrogen (secondary N) is 1. The van der Waals surface area contributed by atoms with Crippen molar-refractivity contribution in [3.05, 3.63) is 69.7 Å². The second kappa shape index (κ2) is 6.21. The van der Waals surface area contributed by atoms with Gasteiger partial charge in [0, 0.05) is 5.02 Å². The third-order valence-electron chi connectivity index (χ3n) is 4.66. The topological polar surface area (TPSA) is 12.0 Å². The van der Waals surface area contributed by atoms with Crippen molar-refractivity contribution in [3.8, 4) is 0 Å². The molecule has 0 bridgehead atoms. The van der Waals surface area contributed by atoms with Crippen molar-refractivity contribution in [1.82, 2.24) is 5.32 Å². The third-order valence-corrected chi connectivity index (χ3v) is 4.90. The summed E-state index contributed by atoms with van der Waals surface area (Å²) in [6.45, 7) is 2.14. The van der Waals surface area contributed by atoms with E-state index < -0.39 is 0 Å². The molecule has 2 aromatic rings. The van der Waals surface area contributed by atoms with Gasteiger partial charge in [0.15, 0.2) is 0 Å². The van der Waals surface area contributed by atoms with E-state index in [4.69, 9.17) is 11.6 Å². The van der Waals surface area contributed by atoms with Crippen LogP contribution < -0.4 is 5.32 Å². The highest BCUT2D eigenvalue weighted by Crippen LogP contribution is 2.37. The Hall–Kier alpha value is -1.31. The number of halogens is 1. The predicted octanol–water partition coefficient (Wildman–Crippen LogP) is 5.22. The molecule has 0 amide bonds. The maximum atomic E-state index is 6.19. The predicted molar refractivity (Wildman–Crippen MR) is 90.1 cm³/mol. The molecule has 110 valence electrons. The lowest BCUT2D eigenvalue weighted by Crippen LogP contribution is -2.19. The van der Waals surface area contributed by atoms with Crippen LogP contribution in [0.1, 0.15) is 53.5 Å². The van der Waals surface area contributed by atoms with E-state index in [-0.39, 0.29) is 6.04 Å². The van der Waals surface area contributed by atoms with Crippen molar-refractivity contribution in [2.75, 3.05) is 7.05 Å². The van der Waals surface area contributed by atoms with Gasteiger partial charge in [0.2, 0.25) is 0 Å². The molecule has 0 radical (unpaired) electrons. The Bertz CT molecular complexity index is 631. The average Bonchev–Trinajstić information content (AvgIpc) is 2.42. The lowest BCUT2D eigenvalue weighted by molar-refractivity contribution is 0.419. The Balaban J connectivity index is 1.97. The van der Waals surface area contributed by atoms with E-state index in [0.717, 1.165) is 10.9 Å². The van der Waals surface area contributed by atoms with Crippen LogP contribution in [0.2, 0.25) is 5.02 Å². The van der Waals surface area contributed by atoms with Gasteiger partial charge in [-0.15, -0.1) is 0 Å². The van der Waals surface area contributed by atoms with E-state index in [1.165, 1.54) is 41.5 Å². The van der Waals surface area contributed by atoms with Crippen molar-refractivity contribution < 1.29 is 0 Å². The van der Waals surface area contributed by atoms with E-state index in [1.807, 2.05) is 13.1 Å². The second-order valence-corrected chi connectivity index (χ2v) is 6.46. The van der Waals surface area contributed by atoms with Gasteiger partial charge in [0.1, 0.15) is 0 Å². The Kier molecular flexibility index (Phi) is 4.32. The van der Waals surface area contributed by atoms with E-state index >= 15 is 0 Å². The highest BCUT2D eigenvalue weighted by molar-refractivity contribution is 6.30. The molecule has 1 aliphatic carbocycles. The zero-order valence-electron chi connectivity index (χ0n) is 12.7. The normalized spacial score (nSPS) is 16.5. The van der Waals surface area contributed by atoms with Crippen LogP contribution in [0.15, 0.2) is 42.5 Å². The lowest BCUT2D eigenvalue weighted by Gasteiger charge is -2.27. The minimum absolute atomic E-state index is 0.198. The standard InChI is InChI=1S/C19H22ClN/c1-13-9-10-17(20)12-18(13)19(21-2)16-8-4-7-15(11-16)14-5-3-6-14/h4,7-12,14,19,21H,3,5-6H2,1-2H3. The first-order valence-corrected chi connectivity index (χ1v) is 8.10. The molecule has 2 aromatic carbocycles. The maximum absolute atomic E-state index is 6.19. The number of rotatable bonds is 4. The zero-order valence-corrected chi connectivity index (χ0v) is 13.5. The van der Waals surface area contributed by atoms with Crippen molar-refractivity contribution in [2.45, 2.75) is 38.1 Å². The smallest absolute Gasteiger partial charge is 0.0577 e. The van der Waals surface area contributed by atoms with Crippen LogP contribution >= 0.6 is 11.6 Å². The molecule has 1 nitrogen and oxygen atoms in total. The Morgan fingerprint density at radius 1 is 1.14 bits per heavy atom. The van der Waals surface area contributed by atoms with Gasteiger partial charge >= 0.3 is 0 Å². The number of benzene rings is 2. The van der Waals surface area contributed by atoms with Crippen LogP contribution in [0, 0.1) is 6.92 Å². The molecule has 0 aromatic heterocycles. The quantitative estimate of drug-likeness (QED) is 0.815. The zero-order chi connectivity index (χ0) is 14.8. The summed E-state index contributed by atoms with van der Waals surface area (Å²) in [5, 5.41) is 4.24. The van der Waals surface area contributed by atoms with Crippen LogP contribution in [0.3, 0.4) is 0 Å². The third kappa shape index (κ3) is 3.00. The van der Waals surface area contributed by atoms with E-state index in [2.05, 4.69) is 48.6 Å². The summed E-state index contributed by atoms with van der Waals surface area (Å²) in [7, 11) is 2.01. The van der Waals surface area contributed by atoms with Crippen LogP contribution in [-0.4, -0.2) is 7.05 Å². The first kappa shape index (κ1) is 14.6. The molecule has 1 fully saturated rings. The molecule has 0 saturated heterocycles. The SMILES string of the molecule is CNC(c1cccc(C2CCC2)c1)c1cc(Cl)ccc1C. The molecule has 0 aliphatic heterocycles. The lowest BCUT2D eigenvalue weighted by atomic mass is 9.79. The number of aryl methyl sites for hydroxylation is 1. The van der Waals surface area contributed by atoms with Gasteiger partial charge in [-0.3, -0.25) is 0 Å². The second-order valence-electron chi connectivity index (χ2n) is 6.02. The van der Waals surface area contributed by atoms with Crippen LogP contribution in [-0.2, 0) is 0 Å². The van der Waals surface area contributed by atoms with Crippen molar-refractivity contribution in [1.29, 1.82) is 0 Å². The molecule has 0 spiro atoms. The van der Waals surface area contributed by atoms with E-state index in [1.54, 1.807) is 0 Å². The highest BCUT2D eigenvalue weighted by Gasteiger charge is 2.21. The molecule has 1 unspecified atom stereocenters. The van der Waals surface area contributed by atoms with Gasteiger partial charge in [0.05, 0.1) is 6.04 Å². The van der Waals surface area contributed by atoms with Gasteiger partial charge in [-0.1, -0.05) is 48.4 Å². The molecule has 1 aliphatic rings. The molecule has 2 heteroatoms. The van der Waals surface area contributed by atoms with E-state index in [0.29, 0.717) is 0 Å². The Morgan fingerprint density at radius 3 is 2.62 bits per heavy atom. The summed E-state index contributed by atoms with van der Waals surface area (Å²) in [5.41, 5.74) is 5.34. The largest absolute Gasteiger partial charge is 0.309 e. The van der Waals surface area contributed by atoms with Crippen LogP contribution in [0.4, 0.5) is 0 Å². The minimum Gasteiger partial charge on any atom is -0.309 e. The average molecular weight is 300 g/mol. The summed E-state index contributed by atoms with van der Waals surface area (Å²) in [5.74, 6) is 0.767. The van der Waals surface area contributed by atoms with Gasteiger partial charge in [-0.05, 0) is 67.1 Å². The van der Waals surface area contributed by atoms with Crippen LogP contribution in [0.25, 0.3) is 0 Å². The molecule has 1 N–H and O–H groups in total. The Morgan fingerprint density at radius 2 is 1.95 bits per heavy atom. The molecular weight excluding hydrogens is 278 g/mol. The van der Waals surface area contributed by atoms with Crippen LogP contribution in [0.5, 0.6) is 0 Å². The first-order chi connectivity index (χ1) is 10.2. The number of hydrogen-bond acceptors (Lipinski definition) is 1.